The van der Waals surface area contributed by atoms with Crippen LogP contribution in [-0.2, 0) is 14.3 Å². The Bertz CT molecular complexity index is 874. The van der Waals surface area contributed by atoms with Gasteiger partial charge < -0.3 is 25.4 Å². The number of carbonyl (C=O) groups excluding carboxylic acids is 3. The normalized spacial score (nSPS) is 14.5. The van der Waals surface area contributed by atoms with Gasteiger partial charge in [0.2, 0.25) is 11.8 Å². The Hall–Kier alpha value is -2.77. The summed E-state index contributed by atoms with van der Waals surface area (Å²) in [6, 6.07) is 4.37. The Balaban J connectivity index is 3.60. The first-order valence-corrected chi connectivity index (χ1v) is 13.0. The lowest BCUT2D eigenvalue weighted by Gasteiger charge is -2.45. The quantitative estimate of drug-likeness (QED) is 0.378. The van der Waals surface area contributed by atoms with E-state index in [-0.39, 0.29) is 29.5 Å². The maximum Gasteiger partial charge on any atom is 0.408 e. The van der Waals surface area contributed by atoms with Crippen LogP contribution in [0.4, 0.5) is 4.79 Å². The molecule has 1 aromatic carbocycles. The Kier molecular flexibility index (Phi) is 11.3. The van der Waals surface area contributed by atoms with Crippen LogP contribution in [-0.4, -0.2) is 51.1 Å². The van der Waals surface area contributed by atoms with Gasteiger partial charge in [0.15, 0.2) is 0 Å². The number of phenols is 1. The van der Waals surface area contributed by atoms with Crippen LogP contribution < -0.4 is 10.6 Å². The molecule has 1 aromatic rings. The number of aromatic hydroxyl groups is 1. The van der Waals surface area contributed by atoms with E-state index in [2.05, 4.69) is 10.6 Å². The molecule has 3 unspecified atom stereocenters. The van der Waals surface area contributed by atoms with Gasteiger partial charge in [-0.3, -0.25) is 9.59 Å². The van der Waals surface area contributed by atoms with E-state index in [1.54, 1.807) is 37.8 Å². The molecule has 8 heteroatoms. The summed E-state index contributed by atoms with van der Waals surface area (Å²) >= 11 is 0. The van der Waals surface area contributed by atoms with Gasteiger partial charge in [-0.2, -0.15) is 0 Å². The first-order chi connectivity index (χ1) is 16.5. The molecular formula is C28H47N3O5. The molecule has 0 spiro atoms. The summed E-state index contributed by atoms with van der Waals surface area (Å²) in [6.45, 7) is 18.7. The summed E-state index contributed by atoms with van der Waals surface area (Å²) < 4.78 is 5.42. The van der Waals surface area contributed by atoms with Crippen LogP contribution in [0.15, 0.2) is 24.3 Å². The van der Waals surface area contributed by atoms with Crippen molar-refractivity contribution in [3.8, 4) is 5.75 Å². The molecule has 0 bridgehead atoms. The van der Waals surface area contributed by atoms with Gasteiger partial charge in [-0.1, -0.05) is 46.2 Å². The minimum absolute atomic E-state index is 0.0662. The summed E-state index contributed by atoms with van der Waals surface area (Å²) in [7, 11) is 0. The number of benzene rings is 1. The third kappa shape index (κ3) is 9.03. The second kappa shape index (κ2) is 13.0. The zero-order valence-corrected chi connectivity index (χ0v) is 23.8. The van der Waals surface area contributed by atoms with Gasteiger partial charge in [-0.15, -0.1) is 0 Å². The molecule has 36 heavy (non-hydrogen) atoms. The molecule has 0 saturated carbocycles. The molecule has 3 atom stereocenters. The lowest BCUT2D eigenvalue weighted by atomic mass is 9.90. The molecule has 3 amide bonds. The molecule has 0 aliphatic carbocycles. The minimum atomic E-state index is -0.964. The number of carbonyl (C=O) groups is 3. The predicted molar refractivity (Wildman–Crippen MR) is 143 cm³/mol. The molecule has 0 saturated heterocycles. The van der Waals surface area contributed by atoms with Crippen molar-refractivity contribution in [2.45, 2.75) is 118 Å². The number of ether oxygens (including phenoxy) is 1. The first kappa shape index (κ1) is 31.3. The number of hydrogen-bond acceptors (Lipinski definition) is 5. The monoisotopic (exact) mass is 505 g/mol. The SMILES string of the molecule is CCCC(C)NC(=O)C(c1ccc(O)cc1)N(C(=O)C(NC(=O)OC(C)(C)C)C(C)C)C(C)(C)CC. The van der Waals surface area contributed by atoms with Crippen LogP contribution in [0.25, 0.3) is 0 Å². The van der Waals surface area contributed by atoms with Gasteiger partial charge >= 0.3 is 6.09 Å². The summed E-state index contributed by atoms with van der Waals surface area (Å²) in [5, 5.41) is 15.7. The predicted octanol–water partition coefficient (Wildman–Crippen LogP) is 5.30. The number of alkyl carbamates (subject to hydrolysis) is 1. The molecule has 1 rings (SSSR count). The fourth-order valence-corrected chi connectivity index (χ4v) is 3.94. The van der Waals surface area contributed by atoms with Crippen molar-refractivity contribution in [2.75, 3.05) is 0 Å². The maximum atomic E-state index is 14.2. The molecule has 0 aliphatic rings. The van der Waals surface area contributed by atoms with Gasteiger partial charge in [0.25, 0.3) is 0 Å². The summed E-state index contributed by atoms with van der Waals surface area (Å²) in [4.78, 5) is 42.2. The van der Waals surface area contributed by atoms with Crippen molar-refractivity contribution in [1.82, 2.24) is 15.5 Å². The maximum absolute atomic E-state index is 14.2. The second-order valence-electron chi connectivity index (χ2n) is 11.4. The molecule has 0 heterocycles. The number of nitrogens with one attached hydrogen (secondary N) is 2. The fourth-order valence-electron chi connectivity index (χ4n) is 3.94. The number of hydrogen-bond donors (Lipinski definition) is 3. The Morgan fingerprint density at radius 1 is 0.972 bits per heavy atom. The number of nitrogens with zero attached hydrogens (tertiary/aromatic N) is 1. The highest BCUT2D eigenvalue weighted by atomic mass is 16.6. The van der Waals surface area contributed by atoms with Crippen LogP contribution >= 0.6 is 0 Å². The van der Waals surface area contributed by atoms with Crippen molar-refractivity contribution in [3.63, 3.8) is 0 Å². The van der Waals surface area contributed by atoms with Crippen LogP contribution in [0, 0.1) is 5.92 Å². The third-order valence-corrected chi connectivity index (χ3v) is 6.19. The molecule has 204 valence electrons. The fraction of sp³-hybridized carbons (Fsp3) is 0.679. The van der Waals surface area contributed by atoms with E-state index < -0.39 is 29.3 Å². The number of amides is 3. The van der Waals surface area contributed by atoms with E-state index in [1.165, 1.54) is 12.1 Å². The van der Waals surface area contributed by atoms with E-state index >= 15 is 0 Å². The Morgan fingerprint density at radius 2 is 1.53 bits per heavy atom. The number of phenolic OH excluding ortho intramolecular Hbond substituents is 1. The standard InChI is InChI=1S/C28H47N3O5/c1-11-13-19(5)29-24(33)23(20-14-16-21(32)17-15-20)31(28(9,10)12-2)25(34)22(18(3)4)30-26(35)36-27(6,7)8/h14-19,22-23,32H,11-13H2,1-10H3,(H,29,33)(H,30,35). The van der Waals surface area contributed by atoms with Crippen molar-refractivity contribution < 1.29 is 24.2 Å². The van der Waals surface area contributed by atoms with Crippen molar-refractivity contribution >= 4 is 17.9 Å². The largest absolute Gasteiger partial charge is 0.508 e. The van der Waals surface area contributed by atoms with E-state index in [9.17, 15) is 19.5 Å². The lowest BCUT2D eigenvalue weighted by molar-refractivity contribution is -0.150. The van der Waals surface area contributed by atoms with Gasteiger partial charge in [0.05, 0.1) is 0 Å². The smallest absolute Gasteiger partial charge is 0.408 e. The molecule has 3 N–H and O–H groups in total. The zero-order valence-electron chi connectivity index (χ0n) is 23.8. The van der Waals surface area contributed by atoms with Crippen molar-refractivity contribution in [3.05, 3.63) is 29.8 Å². The van der Waals surface area contributed by atoms with Gasteiger partial charge in [0, 0.05) is 11.6 Å². The van der Waals surface area contributed by atoms with E-state index in [4.69, 9.17) is 4.74 Å². The van der Waals surface area contributed by atoms with Gasteiger partial charge in [0.1, 0.15) is 23.4 Å². The molecule has 8 nitrogen and oxygen atoms in total. The zero-order chi connectivity index (χ0) is 27.8. The highest BCUT2D eigenvalue weighted by Gasteiger charge is 2.44. The Labute approximate surface area is 217 Å². The molecule has 0 radical (unpaired) electrons. The highest BCUT2D eigenvalue weighted by molar-refractivity contribution is 5.93. The van der Waals surface area contributed by atoms with Crippen LogP contribution in [0.3, 0.4) is 0 Å². The van der Waals surface area contributed by atoms with E-state index in [0.29, 0.717) is 12.0 Å². The highest BCUT2D eigenvalue weighted by Crippen LogP contribution is 2.33. The molecule has 0 aromatic heterocycles. The van der Waals surface area contributed by atoms with Gasteiger partial charge in [-0.25, -0.2) is 4.79 Å². The average Bonchev–Trinajstić information content (AvgIpc) is 2.74. The van der Waals surface area contributed by atoms with Crippen molar-refractivity contribution in [2.24, 2.45) is 5.92 Å². The molecular weight excluding hydrogens is 458 g/mol. The third-order valence-electron chi connectivity index (χ3n) is 6.19. The lowest BCUT2D eigenvalue weighted by Crippen LogP contribution is -2.60. The van der Waals surface area contributed by atoms with Crippen LogP contribution in [0.1, 0.15) is 100 Å². The summed E-state index contributed by atoms with van der Waals surface area (Å²) in [5.74, 6) is -0.880. The number of rotatable bonds is 11. The topological polar surface area (TPSA) is 108 Å². The summed E-state index contributed by atoms with van der Waals surface area (Å²) in [5.41, 5.74) is -0.877. The first-order valence-electron chi connectivity index (χ1n) is 13.0. The van der Waals surface area contributed by atoms with E-state index in [1.807, 2.05) is 48.5 Å². The average molecular weight is 506 g/mol. The van der Waals surface area contributed by atoms with Crippen molar-refractivity contribution in [1.29, 1.82) is 0 Å². The Morgan fingerprint density at radius 3 is 1.97 bits per heavy atom. The van der Waals surface area contributed by atoms with Gasteiger partial charge in [-0.05, 0) is 78.0 Å². The summed E-state index contributed by atoms with van der Waals surface area (Å²) in [6.07, 6.45) is 1.59. The molecule has 0 aliphatic heterocycles. The van der Waals surface area contributed by atoms with Crippen LogP contribution in [0.2, 0.25) is 0 Å². The van der Waals surface area contributed by atoms with Crippen LogP contribution in [0.5, 0.6) is 5.75 Å². The van der Waals surface area contributed by atoms with E-state index in [0.717, 1.165) is 12.8 Å². The second-order valence-corrected chi connectivity index (χ2v) is 11.4. The molecule has 0 fully saturated rings. The minimum Gasteiger partial charge on any atom is -0.508 e.